The number of hydrogen-bond acceptors (Lipinski definition) is 9. The number of sulfonamides is 1. The first-order valence-electron chi connectivity index (χ1n) is 21.3. The Kier molecular flexibility index (Phi) is 11.7. The van der Waals surface area contributed by atoms with Crippen LogP contribution in [-0.2, 0) is 29.2 Å². The lowest BCUT2D eigenvalue weighted by atomic mass is 9.89. The van der Waals surface area contributed by atoms with E-state index in [-0.39, 0.29) is 37.6 Å². The number of ether oxygens (including phenoxy) is 2. The van der Waals surface area contributed by atoms with E-state index in [9.17, 15) is 22.8 Å². The van der Waals surface area contributed by atoms with E-state index in [0.717, 1.165) is 55.9 Å². The first kappa shape index (κ1) is 40.8. The number of likely N-dealkylation sites (tertiary alicyclic amines) is 2. The predicted octanol–water partition coefficient (Wildman–Crippen LogP) is 5.53. The molecule has 8 rings (SSSR count). The summed E-state index contributed by atoms with van der Waals surface area (Å²) in [6.45, 7) is 5.26. The van der Waals surface area contributed by atoms with E-state index in [1.807, 2.05) is 59.5 Å². The second-order valence-corrected chi connectivity index (χ2v) is 19.1. The predicted molar refractivity (Wildman–Crippen MR) is 223 cm³/mol. The van der Waals surface area contributed by atoms with Gasteiger partial charge in [0.1, 0.15) is 29.2 Å². The van der Waals surface area contributed by atoms with E-state index in [1.54, 1.807) is 18.1 Å². The van der Waals surface area contributed by atoms with E-state index >= 15 is 4.79 Å². The molecular formula is C45H55N5O8S. The molecule has 3 aromatic rings. The number of nitrogens with zero attached hydrogens (tertiary/aromatic N) is 3. The van der Waals surface area contributed by atoms with Gasteiger partial charge in [0.05, 0.1) is 30.1 Å². The van der Waals surface area contributed by atoms with Gasteiger partial charge in [-0.1, -0.05) is 62.1 Å². The molecule has 5 aliphatic rings. The molecule has 2 N–H and O–H groups in total. The molecule has 2 aliphatic heterocycles. The van der Waals surface area contributed by atoms with Crippen molar-refractivity contribution in [3.8, 4) is 22.8 Å². The number of amides is 4. The van der Waals surface area contributed by atoms with Gasteiger partial charge in [-0.15, -0.1) is 6.58 Å². The van der Waals surface area contributed by atoms with E-state index < -0.39 is 56.6 Å². The van der Waals surface area contributed by atoms with E-state index in [4.69, 9.17) is 14.5 Å². The standard InChI is InChI=1S/C45H55N5O8S/c1-3-32-27-45(32,44(54)48-59(55,56)35-17-18-35)47-42(52)39-25-34(58-40-26-37(30-14-6-4-7-15-30)46-38-24-33(57-2)16-19-36(38)40)28-50(39)43(53)31(22-29-12-8-9-13-29)23-41(51)49-20-10-5-11-21-49/h3-4,6-7,14-16,19,24,26,29,31-32,34-35,39H,1,5,8-13,17-18,20-23,25,27-28H2,2H3,(H,47,52)(H,48,54)/t31-,32+,34-,39+,45-/m1/s1. The van der Waals surface area contributed by atoms with Crippen LogP contribution >= 0.6 is 0 Å². The molecule has 4 amide bonds. The van der Waals surface area contributed by atoms with Crippen LogP contribution in [0.2, 0.25) is 0 Å². The fourth-order valence-corrected chi connectivity index (χ4v) is 10.7. The van der Waals surface area contributed by atoms with Crippen molar-refractivity contribution in [2.75, 3.05) is 26.7 Å². The number of carbonyl (C=O) groups excluding carboxylic acids is 4. The Balaban J connectivity index is 1.11. The Hall–Kier alpha value is -4.98. The average molecular weight is 826 g/mol. The summed E-state index contributed by atoms with van der Waals surface area (Å²) >= 11 is 0. The molecule has 1 aromatic heterocycles. The highest BCUT2D eigenvalue weighted by molar-refractivity contribution is 7.91. The Labute approximate surface area is 346 Å². The zero-order chi connectivity index (χ0) is 41.3. The maximum Gasteiger partial charge on any atom is 0.259 e. The van der Waals surface area contributed by atoms with Crippen molar-refractivity contribution >= 4 is 44.6 Å². The number of aromatic nitrogens is 1. The van der Waals surface area contributed by atoms with Gasteiger partial charge in [0.2, 0.25) is 27.7 Å². The van der Waals surface area contributed by atoms with E-state index in [0.29, 0.717) is 61.0 Å². The van der Waals surface area contributed by atoms with Crippen LogP contribution in [0.15, 0.2) is 67.3 Å². The molecule has 0 spiro atoms. The molecule has 3 saturated carbocycles. The van der Waals surface area contributed by atoms with Crippen molar-refractivity contribution in [3.05, 3.63) is 67.3 Å². The number of piperidine rings is 1. The van der Waals surface area contributed by atoms with Crippen LogP contribution in [0.1, 0.15) is 83.5 Å². The molecule has 59 heavy (non-hydrogen) atoms. The zero-order valence-corrected chi connectivity index (χ0v) is 34.6. The number of nitrogens with one attached hydrogen (secondary N) is 2. The number of hydrogen-bond donors (Lipinski definition) is 2. The average Bonchev–Trinajstić information content (AvgIpc) is 4.13. The second kappa shape index (κ2) is 16.9. The van der Waals surface area contributed by atoms with E-state index in [1.165, 1.54) is 0 Å². The maximum atomic E-state index is 15.0. The fourth-order valence-electron chi connectivity index (χ4n) is 9.37. The van der Waals surface area contributed by atoms with Crippen LogP contribution in [0, 0.1) is 17.8 Å². The number of pyridine rings is 1. The number of carbonyl (C=O) groups is 4. The van der Waals surface area contributed by atoms with Crippen molar-refractivity contribution in [1.82, 2.24) is 24.8 Å². The summed E-state index contributed by atoms with van der Waals surface area (Å²) < 4.78 is 40.2. The van der Waals surface area contributed by atoms with Crippen LogP contribution in [0.5, 0.6) is 11.5 Å². The van der Waals surface area contributed by atoms with Gasteiger partial charge in [-0.05, 0) is 63.0 Å². The summed E-state index contributed by atoms with van der Waals surface area (Å²) in [4.78, 5) is 65.4. The topological polar surface area (TPSA) is 164 Å². The highest BCUT2D eigenvalue weighted by Gasteiger charge is 2.62. The van der Waals surface area contributed by atoms with E-state index in [2.05, 4.69) is 16.6 Å². The SMILES string of the molecule is C=C[C@H]1C[C@]1(NC(=O)[C@@H]1C[C@@H](Oc2cc(-c3ccccc3)nc3cc(OC)ccc23)CN1C(=O)[C@@H](CC(=O)N1CCCCC1)CC1CCCC1)C(=O)NS(=O)(=O)C1CC1. The van der Waals surface area contributed by atoms with Crippen LogP contribution in [0.25, 0.3) is 22.2 Å². The third-order valence-corrected chi connectivity index (χ3v) is 14.8. The van der Waals surface area contributed by atoms with Gasteiger partial charge in [-0.2, -0.15) is 0 Å². The summed E-state index contributed by atoms with van der Waals surface area (Å²) in [5.74, 6) is -1.38. The normalized spacial score (nSPS) is 25.0. The summed E-state index contributed by atoms with van der Waals surface area (Å²) in [5, 5.41) is 3.00. The van der Waals surface area contributed by atoms with Crippen molar-refractivity contribution < 1.29 is 37.1 Å². The lowest BCUT2D eigenvalue weighted by Gasteiger charge is -2.32. The Morgan fingerprint density at radius 2 is 1.73 bits per heavy atom. The minimum Gasteiger partial charge on any atom is -0.497 e. The van der Waals surface area contributed by atoms with Gasteiger partial charge in [0.15, 0.2) is 0 Å². The zero-order valence-electron chi connectivity index (χ0n) is 33.8. The van der Waals surface area contributed by atoms with Crippen molar-refractivity contribution in [2.24, 2.45) is 17.8 Å². The summed E-state index contributed by atoms with van der Waals surface area (Å²) in [6.07, 6.45) is 9.84. The molecule has 14 heteroatoms. The van der Waals surface area contributed by atoms with Gasteiger partial charge < -0.3 is 24.6 Å². The highest BCUT2D eigenvalue weighted by atomic mass is 32.2. The van der Waals surface area contributed by atoms with Crippen LogP contribution < -0.4 is 19.5 Å². The lowest BCUT2D eigenvalue weighted by molar-refractivity contribution is -0.146. The number of methoxy groups -OCH3 is 1. The first-order chi connectivity index (χ1) is 28.5. The van der Waals surface area contributed by atoms with Crippen LogP contribution in [0.4, 0.5) is 0 Å². The highest BCUT2D eigenvalue weighted by Crippen LogP contribution is 2.46. The first-order valence-corrected chi connectivity index (χ1v) is 22.8. The van der Waals surface area contributed by atoms with Crippen molar-refractivity contribution in [3.63, 3.8) is 0 Å². The minimum atomic E-state index is -3.89. The molecule has 3 heterocycles. The van der Waals surface area contributed by atoms with Crippen molar-refractivity contribution in [1.29, 1.82) is 0 Å². The number of benzene rings is 2. The molecule has 5 fully saturated rings. The molecule has 314 valence electrons. The van der Waals surface area contributed by atoms with Crippen molar-refractivity contribution in [2.45, 2.75) is 106 Å². The quantitative estimate of drug-likeness (QED) is 0.188. The van der Waals surface area contributed by atoms with Gasteiger partial charge in [0, 0.05) is 60.8 Å². The van der Waals surface area contributed by atoms with Gasteiger partial charge in [0.25, 0.3) is 5.91 Å². The lowest BCUT2D eigenvalue weighted by Crippen LogP contribution is -2.57. The molecule has 2 saturated heterocycles. The minimum absolute atomic E-state index is 0.0412. The molecule has 13 nitrogen and oxygen atoms in total. The van der Waals surface area contributed by atoms with Crippen LogP contribution in [-0.4, -0.2) is 96.5 Å². The molecule has 3 aliphatic carbocycles. The van der Waals surface area contributed by atoms with Gasteiger partial charge in [-0.3, -0.25) is 23.9 Å². The Morgan fingerprint density at radius 3 is 2.41 bits per heavy atom. The molecule has 2 aromatic carbocycles. The van der Waals surface area contributed by atoms with Crippen LogP contribution in [0.3, 0.4) is 0 Å². The Bertz CT molecular complexity index is 2200. The van der Waals surface area contributed by atoms with Gasteiger partial charge in [-0.25, -0.2) is 13.4 Å². The summed E-state index contributed by atoms with van der Waals surface area (Å²) in [5.41, 5.74) is 0.677. The summed E-state index contributed by atoms with van der Waals surface area (Å²) in [6, 6.07) is 16.1. The molecular weight excluding hydrogens is 771 g/mol. The maximum absolute atomic E-state index is 15.0. The summed E-state index contributed by atoms with van der Waals surface area (Å²) in [7, 11) is -2.30. The third-order valence-electron chi connectivity index (χ3n) is 13.0. The third kappa shape index (κ3) is 8.83. The second-order valence-electron chi connectivity index (χ2n) is 17.1. The smallest absolute Gasteiger partial charge is 0.259 e. The molecule has 5 atom stereocenters. The number of rotatable bonds is 15. The number of fused-ring (bicyclic) bond motifs is 1. The molecule has 0 bridgehead atoms. The molecule has 0 radical (unpaired) electrons. The fraction of sp³-hybridized carbons (Fsp3) is 0.533. The monoisotopic (exact) mass is 825 g/mol. The molecule has 0 unspecified atom stereocenters. The largest absolute Gasteiger partial charge is 0.497 e. The van der Waals surface area contributed by atoms with Gasteiger partial charge >= 0.3 is 0 Å². The Morgan fingerprint density at radius 1 is 0.983 bits per heavy atom.